The highest BCUT2D eigenvalue weighted by Crippen LogP contribution is 2.40. The maximum Gasteiger partial charge on any atom is 0.337 e. The SMILES string of the molecule is COC(=O)c1ccc([C@@H]2C(C#N)=C(N)Oc3c2oc(CO)cc3=O)cc1. The monoisotopic (exact) mass is 354 g/mol. The zero-order valence-corrected chi connectivity index (χ0v) is 13.7. The molecule has 0 fully saturated rings. The summed E-state index contributed by atoms with van der Waals surface area (Å²) < 4.78 is 15.5. The number of nitrogens with two attached hydrogens (primary N) is 1. The van der Waals surface area contributed by atoms with Crippen LogP contribution in [0.4, 0.5) is 0 Å². The quantitative estimate of drug-likeness (QED) is 0.783. The van der Waals surface area contributed by atoms with Crippen molar-refractivity contribution in [2.45, 2.75) is 12.5 Å². The van der Waals surface area contributed by atoms with E-state index in [1.807, 2.05) is 6.07 Å². The Morgan fingerprint density at radius 1 is 1.38 bits per heavy atom. The number of carbonyl (C=O) groups excluding carboxylic acids is 1. The van der Waals surface area contributed by atoms with Crippen molar-refractivity contribution in [3.8, 4) is 11.8 Å². The molecule has 0 radical (unpaired) electrons. The molecule has 1 aliphatic rings. The molecular formula is C18H14N2O6. The van der Waals surface area contributed by atoms with Crippen LogP contribution in [0.3, 0.4) is 0 Å². The van der Waals surface area contributed by atoms with E-state index in [1.54, 1.807) is 12.1 Å². The summed E-state index contributed by atoms with van der Waals surface area (Å²) in [5.41, 5.74) is 6.22. The fraction of sp³-hybridized carbons (Fsp3) is 0.167. The largest absolute Gasteiger partial charge is 0.465 e. The summed E-state index contributed by atoms with van der Waals surface area (Å²) in [4.78, 5) is 23.8. The van der Waals surface area contributed by atoms with Crippen molar-refractivity contribution >= 4 is 5.97 Å². The van der Waals surface area contributed by atoms with Gasteiger partial charge in [-0.3, -0.25) is 4.79 Å². The predicted octanol–water partition coefficient (Wildman–Crippen LogP) is 1.14. The van der Waals surface area contributed by atoms with Crippen LogP contribution in [0, 0.1) is 11.3 Å². The van der Waals surface area contributed by atoms with E-state index in [2.05, 4.69) is 4.74 Å². The number of rotatable bonds is 3. The third kappa shape index (κ3) is 2.81. The van der Waals surface area contributed by atoms with Crippen LogP contribution in [-0.4, -0.2) is 18.2 Å². The van der Waals surface area contributed by atoms with Gasteiger partial charge in [-0.15, -0.1) is 0 Å². The topological polar surface area (TPSA) is 136 Å². The Kier molecular flexibility index (Phi) is 4.47. The van der Waals surface area contributed by atoms with Gasteiger partial charge in [0.25, 0.3) is 0 Å². The van der Waals surface area contributed by atoms with Crippen molar-refractivity contribution in [2.24, 2.45) is 5.73 Å². The number of carbonyl (C=O) groups is 1. The number of nitrogens with zero attached hydrogens (tertiary/aromatic N) is 1. The van der Waals surface area contributed by atoms with E-state index < -0.39 is 23.9 Å². The summed E-state index contributed by atoms with van der Waals surface area (Å²) in [6.45, 7) is -0.488. The van der Waals surface area contributed by atoms with Crippen LogP contribution < -0.4 is 15.9 Å². The highest BCUT2D eigenvalue weighted by atomic mass is 16.5. The fourth-order valence-corrected chi connectivity index (χ4v) is 2.72. The van der Waals surface area contributed by atoms with Gasteiger partial charge in [-0.25, -0.2) is 4.79 Å². The number of aliphatic hydroxyl groups excluding tert-OH is 1. The van der Waals surface area contributed by atoms with Crippen molar-refractivity contribution < 1.29 is 23.8 Å². The third-order valence-electron chi connectivity index (χ3n) is 3.95. The van der Waals surface area contributed by atoms with Gasteiger partial charge in [-0.05, 0) is 17.7 Å². The maximum absolute atomic E-state index is 12.2. The Bertz CT molecular complexity index is 998. The molecule has 1 aromatic heterocycles. The van der Waals surface area contributed by atoms with Crippen LogP contribution in [0.5, 0.6) is 5.75 Å². The van der Waals surface area contributed by atoms with Crippen LogP contribution in [-0.2, 0) is 11.3 Å². The lowest BCUT2D eigenvalue weighted by Crippen LogP contribution is -2.25. The van der Waals surface area contributed by atoms with Gasteiger partial charge in [0.15, 0.2) is 5.76 Å². The maximum atomic E-state index is 12.2. The lowest BCUT2D eigenvalue weighted by atomic mass is 9.87. The molecule has 0 aliphatic carbocycles. The van der Waals surface area contributed by atoms with Gasteiger partial charge in [0.05, 0.1) is 18.6 Å². The van der Waals surface area contributed by atoms with Crippen LogP contribution in [0.1, 0.15) is 33.4 Å². The molecule has 2 aromatic rings. The van der Waals surface area contributed by atoms with Gasteiger partial charge in [-0.1, -0.05) is 12.1 Å². The summed E-state index contributed by atoms with van der Waals surface area (Å²) in [6.07, 6.45) is 0. The first kappa shape index (κ1) is 17.3. The Morgan fingerprint density at radius 2 is 2.08 bits per heavy atom. The van der Waals surface area contributed by atoms with Gasteiger partial charge in [0, 0.05) is 6.07 Å². The van der Waals surface area contributed by atoms with E-state index >= 15 is 0 Å². The number of benzene rings is 1. The molecule has 0 saturated heterocycles. The standard InChI is InChI=1S/C18H14N2O6/c1-24-18(23)10-4-2-9(3-5-10)14-12(7-19)17(20)26-15-13(22)6-11(8-21)25-16(14)15/h2-6,14,21H,8,20H2,1H3/t14-/m1/s1. The van der Waals surface area contributed by atoms with Crippen molar-refractivity contribution in [3.63, 3.8) is 0 Å². The lowest BCUT2D eigenvalue weighted by Gasteiger charge is -2.24. The summed E-state index contributed by atoms with van der Waals surface area (Å²) >= 11 is 0. The number of nitriles is 1. The van der Waals surface area contributed by atoms with Crippen LogP contribution in [0.25, 0.3) is 0 Å². The molecule has 8 nitrogen and oxygen atoms in total. The molecule has 0 unspecified atom stereocenters. The number of methoxy groups -OCH3 is 1. The zero-order valence-electron chi connectivity index (χ0n) is 13.7. The van der Waals surface area contributed by atoms with Crippen molar-refractivity contribution in [1.29, 1.82) is 5.26 Å². The molecular weight excluding hydrogens is 340 g/mol. The second-order valence-electron chi connectivity index (χ2n) is 5.47. The molecule has 3 N–H and O–H groups in total. The molecule has 8 heteroatoms. The van der Waals surface area contributed by atoms with Gasteiger partial charge < -0.3 is 24.7 Å². The number of esters is 1. The smallest absolute Gasteiger partial charge is 0.337 e. The Balaban J connectivity index is 2.19. The number of ether oxygens (including phenoxy) is 2. The highest BCUT2D eigenvalue weighted by Gasteiger charge is 2.35. The zero-order chi connectivity index (χ0) is 18.8. The molecule has 1 aromatic carbocycles. The first-order valence-corrected chi connectivity index (χ1v) is 7.53. The lowest BCUT2D eigenvalue weighted by molar-refractivity contribution is 0.0600. The Labute approximate surface area is 147 Å². The first-order valence-electron chi connectivity index (χ1n) is 7.53. The average molecular weight is 354 g/mol. The number of allylic oxidation sites excluding steroid dienone is 1. The van der Waals surface area contributed by atoms with Crippen LogP contribution >= 0.6 is 0 Å². The molecule has 1 atom stereocenters. The van der Waals surface area contributed by atoms with Crippen molar-refractivity contribution in [1.82, 2.24) is 0 Å². The molecule has 1 aliphatic heterocycles. The summed E-state index contributed by atoms with van der Waals surface area (Å²) in [6, 6.07) is 9.31. The summed E-state index contributed by atoms with van der Waals surface area (Å²) in [5, 5.41) is 18.8. The molecule has 0 spiro atoms. The second kappa shape index (κ2) is 6.74. The molecule has 0 saturated carbocycles. The third-order valence-corrected chi connectivity index (χ3v) is 3.95. The molecule has 0 amide bonds. The molecule has 132 valence electrons. The first-order chi connectivity index (χ1) is 12.5. The number of hydrogen-bond acceptors (Lipinski definition) is 8. The summed E-state index contributed by atoms with van der Waals surface area (Å²) in [7, 11) is 1.27. The van der Waals surface area contributed by atoms with E-state index in [4.69, 9.17) is 14.9 Å². The van der Waals surface area contributed by atoms with Gasteiger partial charge in [0.1, 0.15) is 24.0 Å². The molecule has 0 bridgehead atoms. The Hall–Kier alpha value is -3.57. The van der Waals surface area contributed by atoms with E-state index in [1.165, 1.54) is 19.2 Å². The highest BCUT2D eigenvalue weighted by molar-refractivity contribution is 5.89. The molecule has 26 heavy (non-hydrogen) atoms. The fourth-order valence-electron chi connectivity index (χ4n) is 2.72. The van der Waals surface area contributed by atoms with Crippen molar-refractivity contribution in [2.75, 3.05) is 7.11 Å². The minimum absolute atomic E-state index is 0.0336. The van der Waals surface area contributed by atoms with Gasteiger partial charge >= 0.3 is 5.97 Å². The second-order valence-corrected chi connectivity index (χ2v) is 5.47. The van der Waals surface area contributed by atoms with Gasteiger partial charge in [0.2, 0.25) is 17.1 Å². The predicted molar refractivity (Wildman–Crippen MR) is 88.0 cm³/mol. The van der Waals surface area contributed by atoms with Gasteiger partial charge in [-0.2, -0.15) is 5.26 Å². The van der Waals surface area contributed by atoms with Crippen molar-refractivity contribution in [3.05, 3.63) is 74.7 Å². The van der Waals surface area contributed by atoms with Crippen LogP contribution in [0.2, 0.25) is 0 Å². The van der Waals surface area contributed by atoms with Crippen LogP contribution in [0.15, 0.2) is 51.0 Å². The van der Waals surface area contributed by atoms with E-state index in [9.17, 15) is 20.0 Å². The average Bonchev–Trinajstić information content (AvgIpc) is 2.67. The molecule has 3 rings (SSSR count). The molecule has 2 heterocycles. The minimum Gasteiger partial charge on any atom is -0.465 e. The number of fused-ring (bicyclic) bond motifs is 1. The minimum atomic E-state index is -0.811. The van der Waals surface area contributed by atoms with E-state index in [-0.39, 0.29) is 28.7 Å². The van der Waals surface area contributed by atoms with E-state index in [0.29, 0.717) is 11.1 Å². The summed E-state index contributed by atoms with van der Waals surface area (Å²) in [5.74, 6) is -1.56. The number of hydrogen-bond donors (Lipinski definition) is 2. The van der Waals surface area contributed by atoms with E-state index in [0.717, 1.165) is 6.07 Å². The Morgan fingerprint density at radius 3 is 2.65 bits per heavy atom. The normalized spacial score (nSPS) is 15.7. The number of aliphatic hydroxyl groups is 1.